The van der Waals surface area contributed by atoms with Gasteiger partial charge >= 0.3 is 0 Å². The van der Waals surface area contributed by atoms with Crippen molar-refractivity contribution in [1.82, 2.24) is 0 Å². The number of aliphatic hydroxyl groups is 1. The van der Waals surface area contributed by atoms with E-state index in [1.807, 2.05) is 24.3 Å². The van der Waals surface area contributed by atoms with E-state index in [9.17, 15) is 4.39 Å². The lowest BCUT2D eigenvalue weighted by Crippen LogP contribution is -2.05. The Bertz CT molecular complexity index is 625. The van der Waals surface area contributed by atoms with Gasteiger partial charge in [0.15, 0.2) is 0 Å². The van der Waals surface area contributed by atoms with Gasteiger partial charge in [-0.15, -0.1) is 0 Å². The molecular formula is C20H25FO2. The van der Waals surface area contributed by atoms with Gasteiger partial charge in [0.25, 0.3) is 0 Å². The molecule has 0 radical (unpaired) electrons. The summed E-state index contributed by atoms with van der Waals surface area (Å²) in [7, 11) is 1.65. The number of aliphatic hydroxyl groups excluding tert-OH is 1. The molecule has 2 nitrogen and oxygen atoms in total. The van der Waals surface area contributed by atoms with Crippen LogP contribution < -0.4 is 0 Å². The van der Waals surface area contributed by atoms with Crippen LogP contribution in [-0.2, 0) is 11.2 Å². The topological polar surface area (TPSA) is 29.5 Å². The summed E-state index contributed by atoms with van der Waals surface area (Å²) in [6, 6.07) is 13.2. The number of halogens is 1. The Morgan fingerprint density at radius 2 is 1.91 bits per heavy atom. The van der Waals surface area contributed by atoms with Gasteiger partial charge < -0.3 is 9.84 Å². The number of unbranched alkanes of at least 4 members (excludes halogenated alkanes) is 1. The van der Waals surface area contributed by atoms with Gasteiger partial charge in [-0.2, -0.15) is 0 Å². The van der Waals surface area contributed by atoms with Crippen LogP contribution in [0.3, 0.4) is 0 Å². The van der Waals surface area contributed by atoms with Crippen LogP contribution in [0.1, 0.15) is 43.4 Å². The zero-order chi connectivity index (χ0) is 16.7. The van der Waals surface area contributed by atoms with Gasteiger partial charge in [-0.25, -0.2) is 4.39 Å². The van der Waals surface area contributed by atoms with Gasteiger partial charge in [0.05, 0.1) is 6.10 Å². The Morgan fingerprint density at radius 3 is 2.61 bits per heavy atom. The average molecular weight is 316 g/mol. The lowest BCUT2D eigenvalue weighted by Gasteiger charge is -2.20. The van der Waals surface area contributed by atoms with Crippen LogP contribution in [-0.4, -0.2) is 18.8 Å². The predicted octanol–water partition coefficient (Wildman–Crippen LogP) is 4.91. The van der Waals surface area contributed by atoms with E-state index in [0.717, 1.165) is 36.8 Å². The van der Waals surface area contributed by atoms with Crippen molar-refractivity contribution < 1.29 is 14.2 Å². The van der Waals surface area contributed by atoms with Gasteiger partial charge in [0.2, 0.25) is 0 Å². The number of hydrogen-bond acceptors (Lipinski definition) is 2. The van der Waals surface area contributed by atoms with Crippen molar-refractivity contribution in [3.8, 4) is 11.1 Å². The van der Waals surface area contributed by atoms with E-state index in [0.29, 0.717) is 5.56 Å². The van der Waals surface area contributed by atoms with Gasteiger partial charge in [0.1, 0.15) is 5.82 Å². The lowest BCUT2D eigenvalue weighted by molar-refractivity contribution is 0.0918. The minimum atomic E-state index is -0.222. The molecule has 0 aromatic heterocycles. The van der Waals surface area contributed by atoms with E-state index < -0.39 is 0 Å². The molecule has 0 saturated carbocycles. The minimum Gasteiger partial charge on any atom is -0.396 e. The highest BCUT2D eigenvalue weighted by molar-refractivity contribution is 5.69. The smallest absolute Gasteiger partial charge is 0.131 e. The van der Waals surface area contributed by atoms with Crippen molar-refractivity contribution >= 4 is 0 Å². The minimum absolute atomic E-state index is 0.169. The zero-order valence-corrected chi connectivity index (χ0v) is 13.9. The van der Waals surface area contributed by atoms with E-state index in [-0.39, 0.29) is 18.5 Å². The molecule has 1 N–H and O–H groups in total. The van der Waals surface area contributed by atoms with Crippen molar-refractivity contribution in [2.24, 2.45) is 0 Å². The van der Waals surface area contributed by atoms with E-state index in [2.05, 4.69) is 13.0 Å². The SMILES string of the molecule is CCc1cccc(-c2c(F)cccc2C(CCCCO)OC)c1. The lowest BCUT2D eigenvalue weighted by atomic mass is 9.92. The highest BCUT2D eigenvalue weighted by Gasteiger charge is 2.18. The molecular weight excluding hydrogens is 291 g/mol. The van der Waals surface area contributed by atoms with Crippen molar-refractivity contribution in [1.29, 1.82) is 0 Å². The molecule has 0 bridgehead atoms. The molecule has 0 fully saturated rings. The molecule has 2 aromatic carbocycles. The van der Waals surface area contributed by atoms with E-state index in [4.69, 9.17) is 9.84 Å². The molecule has 3 heteroatoms. The maximum Gasteiger partial charge on any atom is 0.131 e. The first kappa shape index (κ1) is 17.6. The second-order valence-electron chi connectivity index (χ2n) is 5.70. The fourth-order valence-corrected chi connectivity index (χ4v) is 2.90. The molecule has 0 amide bonds. The third-order valence-corrected chi connectivity index (χ3v) is 4.18. The Balaban J connectivity index is 2.42. The Morgan fingerprint density at radius 1 is 1.13 bits per heavy atom. The number of methoxy groups -OCH3 is 1. The number of benzene rings is 2. The molecule has 2 rings (SSSR count). The summed E-state index contributed by atoms with van der Waals surface area (Å²) in [5.41, 5.74) is 3.57. The first-order valence-electron chi connectivity index (χ1n) is 8.22. The third-order valence-electron chi connectivity index (χ3n) is 4.18. The highest BCUT2D eigenvalue weighted by Crippen LogP contribution is 2.35. The van der Waals surface area contributed by atoms with Crippen LogP contribution >= 0.6 is 0 Å². The summed E-state index contributed by atoms with van der Waals surface area (Å²) in [4.78, 5) is 0. The first-order valence-corrected chi connectivity index (χ1v) is 8.22. The van der Waals surface area contributed by atoms with Crippen LogP contribution in [0.4, 0.5) is 4.39 Å². The van der Waals surface area contributed by atoms with Gasteiger partial charge in [-0.05, 0) is 48.4 Å². The molecule has 0 aliphatic heterocycles. The van der Waals surface area contributed by atoms with Crippen molar-refractivity contribution in [3.05, 3.63) is 59.4 Å². The predicted molar refractivity (Wildman–Crippen MR) is 91.9 cm³/mol. The fraction of sp³-hybridized carbons (Fsp3) is 0.400. The second-order valence-corrected chi connectivity index (χ2v) is 5.70. The molecule has 0 aliphatic rings. The van der Waals surface area contributed by atoms with Crippen LogP contribution in [0.2, 0.25) is 0 Å². The van der Waals surface area contributed by atoms with Crippen LogP contribution in [0, 0.1) is 5.82 Å². The van der Waals surface area contributed by atoms with Crippen molar-refractivity contribution in [2.75, 3.05) is 13.7 Å². The molecule has 23 heavy (non-hydrogen) atoms. The number of aryl methyl sites for hydroxylation is 1. The van der Waals surface area contributed by atoms with Crippen LogP contribution in [0.5, 0.6) is 0 Å². The van der Waals surface area contributed by atoms with Gasteiger partial charge in [0, 0.05) is 19.3 Å². The summed E-state index contributed by atoms with van der Waals surface area (Å²) in [6.45, 7) is 2.26. The van der Waals surface area contributed by atoms with Crippen LogP contribution in [0.15, 0.2) is 42.5 Å². The largest absolute Gasteiger partial charge is 0.396 e. The van der Waals surface area contributed by atoms with Gasteiger partial charge in [-0.3, -0.25) is 0 Å². The third kappa shape index (κ3) is 4.40. The summed E-state index contributed by atoms with van der Waals surface area (Å²) in [5.74, 6) is -0.222. The Kier molecular flexibility index (Phi) is 6.75. The number of ether oxygens (including phenoxy) is 1. The van der Waals surface area contributed by atoms with E-state index in [1.54, 1.807) is 13.2 Å². The van der Waals surface area contributed by atoms with E-state index in [1.165, 1.54) is 11.6 Å². The van der Waals surface area contributed by atoms with Crippen LogP contribution in [0.25, 0.3) is 11.1 Å². The second kappa shape index (κ2) is 8.80. The maximum atomic E-state index is 14.6. The monoisotopic (exact) mass is 316 g/mol. The maximum absolute atomic E-state index is 14.6. The summed E-state index contributed by atoms with van der Waals surface area (Å²) in [5, 5.41) is 8.96. The quantitative estimate of drug-likeness (QED) is 0.702. The molecule has 0 saturated heterocycles. The molecule has 0 spiro atoms. The van der Waals surface area contributed by atoms with Gasteiger partial charge in [-0.1, -0.05) is 43.3 Å². The summed E-state index contributed by atoms with van der Waals surface area (Å²) in [6.07, 6.45) is 3.09. The molecule has 124 valence electrons. The summed E-state index contributed by atoms with van der Waals surface area (Å²) >= 11 is 0. The standard InChI is InChI=1S/C20H25FO2/c1-3-15-8-6-9-16(14-15)20-17(10-7-11-18(20)21)19(23-2)12-4-5-13-22/h6-11,14,19,22H,3-5,12-13H2,1-2H3. The summed E-state index contributed by atoms with van der Waals surface area (Å²) < 4.78 is 20.2. The molecule has 2 aromatic rings. The Labute approximate surface area is 137 Å². The molecule has 0 aliphatic carbocycles. The highest BCUT2D eigenvalue weighted by atomic mass is 19.1. The number of rotatable bonds is 8. The Hall–Kier alpha value is -1.71. The van der Waals surface area contributed by atoms with E-state index >= 15 is 0 Å². The van der Waals surface area contributed by atoms with Crippen molar-refractivity contribution in [2.45, 2.75) is 38.7 Å². The fourth-order valence-electron chi connectivity index (χ4n) is 2.90. The molecule has 0 heterocycles. The first-order chi connectivity index (χ1) is 11.2. The molecule has 1 atom stereocenters. The zero-order valence-electron chi connectivity index (χ0n) is 13.9. The number of hydrogen-bond donors (Lipinski definition) is 1. The average Bonchev–Trinajstić information content (AvgIpc) is 2.58. The normalized spacial score (nSPS) is 12.3. The molecule has 1 unspecified atom stereocenters. The van der Waals surface area contributed by atoms with Crippen molar-refractivity contribution in [3.63, 3.8) is 0 Å².